The summed E-state index contributed by atoms with van der Waals surface area (Å²) >= 11 is 0. The molecule has 0 saturated carbocycles. The number of halogens is 1. The Bertz CT molecular complexity index is 597. The third kappa shape index (κ3) is 3.67. The Morgan fingerprint density at radius 1 is 1.00 bits per heavy atom. The normalized spacial score (nSPS) is 14.6. The van der Waals surface area contributed by atoms with Crippen molar-refractivity contribution in [2.45, 2.75) is 13.5 Å². The second-order valence-corrected chi connectivity index (χ2v) is 5.31. The van der Waals surface area contributed by atoms with Gasteiger partial charge in [0.05, 0.1) is 5.69 Å². The van der Waals surface area contributed by atoms with E-state index in [0.29, 0.717) is 6.54 Å². The summed E-state index contributed by atoms with van der Waals surface area (Å²) in [6.07, 6.45) is 0. The van der Waals surface area contributed by atoms with E-state index in [1.165, 1.54) is 5.69 Å². The van der Waals surface area contributed by atoms with Gasteiger partial charge in [-0.05, 0) is 25.1 Å². The van der Waals surface area contributed by atoms with E-state index in [1.807, 2.05) is 13.0 Å². The summed E-state index contributed by atoms with van der Waals surface area (Å²) in [5.41, 5.74) is 8.86. The van der Waals surface area contributed by atoms with Gasteiger partial charge in [-0.3, -0.25) is 0 Å². The number of hydrogen-bond donors (Lipinski definition) is 1. The SMILES string of the molecule is Cc1cc(CN)nc(N2CCN(c3ccccc3)CC2)n1.Cl. The van der Waals surface area contributed by atoms with E-state index in [4.69, 9.17) is 5.73 Å². The molecule has 2 heterocycles. The maximum atomic E-state index is 5.70. The largest absolute Gasteiger partial charge is 0.368 e. The Balaban J connectivity index is 0.00000176. The van der Waals surface area contributed by atoms with Gasteiger partial charge < -0.3 is 15.5 Å². The predicted molar refractivity (Wildman–Crippen MR) is 92.8 cm³/mol. The lowest BCUT2D eigenvalue weighted by Gasteiger charge is -2.36. The molecule has 0 unspecified atom stereocenters. The van der Waals surface area contributed by atoms with Gasteiger partial charge >= 0.3 is 0 Å². The highest BCUT2D eigenvalue weighted by molar-refractivity contribution is 5.85. The zero-order valence-corrected chi connectivity index (χ0v) is 13.6. The number of para-hydroxylation sites is 1. The number of nitrogens with two attached hydrogens (primary N) is 1. The van der Waals surface area contributed by atoms with Gasteiger partial charge in [0.25, 0.3) is 0 Å². The van der Waals surface area contributed by atoms with Crippen LogP contribution in [0.1, 0.15) is 11.4 Å². The molecular formula is C16H22ClN5. The van der Waals surface area contributed by atoms with Crippen molar-refractivity contribution in [1.82, 2.24) is 9.97 Å². The molecule has 1 saturated heterocycles. The molecule has 1 aliphatic heterocycles. The van der Waals surface area contributed by atoms with Crippen molar-refractivity contribution < 1.29 is 0 Å². The van der Waals surface area contributed by atoms with Gasteiger partial charge in [-0.2, -0.15) is 0 Å². The minimum absolute atomic E-state index is 0. The van der Waals surface area contributed by atoms with Gasteiger partial charge in [0, 0.05) is 44.1 Å². The minimum Gasteiger partial charge on any atom is -0.368 e. The van der Waals surface area contributed by atoms with Gasteiger partial charge in [0.15, 0.2) is 0 Å². The monoisotopic (exact) mass is 319 g/mol. The summed E-state index contributed by atoms with van der Waals surface area (Å²) in [6, 6.07) is 12.5. The molecule has 1 aromatic heterocycles. The van der Waals surface area contributed by atoms with E-state index in [9.17, 15) is 0 Å². The zero-order chi connectivity index (χ0) is 14.7. The maximum Gasteiger partial charge on any atom is 0.225 e. The summed E-state index contributed by atoms with van der Waals surface area (Å²) in [4.78, 5) is 13.7. The van der Waals surface area contributed by atoms with E-state index in [1.54, 1.807) is 0 Å². The Labute approximate surface area is 137 Å². The first-order chi connectivity index (χ1) is 10.3. The fourth-order valence-electron chi connectivity index (χ4n) is 2.67. The smallest absolute Gasteiger partial charge is 0.225 e. The fourth-order valence-corrected chi connectivity index (χ4v) is 2.67. The lowest BCUT2D eigenvalue weighted by atomic mass is 10.2. The molecule has 0 radical (unpaired) electrons. The maximum absolute atomic E-state index is 5.70. The Morgan fingerprint density at radius 3 is 2.27 bits per heavy atom. The Kier molecular flexibility index (Phi) is 5.57. The molecule has 6 heteroatoms. The van der Waals surface area contributed by atoms with Crippen LogP contribution in [0.15, 0.2) is 36.4 Å². The third-order valence-corrected chi connectivity index (χ3v) is 3.79. The van der Waals surface area contributed by atoms with Crippen molar-refractivity contribution in [3.05, 3.63) is 47.8 Å². The molecule has 5 nitrogen and oxygen atoms in total. The number of rotatable bonds is 3. The van der Waals surface area contributed by atoms with Crippen LogP contribution in [-0.4, -0.2) is 36.1 Å². The molecule has 2 N–H and O–H groups in total. The molecule has 1 aromatic carbocycles. The molecule has 1 fully saturated rings. The number of aryl methyl sites for hydroxylation is 1. The standard InChI is InChI=1S/C16H21N5.ClH/c1-13-11-14(12-17)19-16(18-13)21-9-7-20(8-10-21)15-5-3-2-4-6-15;/h2-6,11H,7-10,12,17H2,1H3;1H. The van der Waals surface area contributed by atoms with Gasteiger partial charge in [0.2, 0.25) is 5.95 Å². The molecule has 2 aromatic rings. The number of nitrogens with zero attached hydrogens (tertiary/aromatic N) is 4. The average Bonchev–Trinajstić information content (AvgIpc) is 2.55. The summed E-state index contributed by atoms with van der Waals surface area (Å²) in [7, 11) is 0. The Morgan fingerprint density at radius 2 is 1.64 bits per heavy atom. The van der Waals surface area contributed by atoms with E-state index >= 15 is 0 Å². The molecule has 0 bridgehead atoms. The second kappa shape index (κ2) is 7.42. The van der Waals surface area contributed by atoms with Crippen molar-refractivity contribution in [3.63, 3.8) is 0 Å². The van der Waals surface area contributed by atoms with Crippen molar-refractivity contribution in [2.75, 3.05) is 36.0 Å². The quantitative estimate of drug-likeness (QED) is 0.937. The van der Waals surface area contributed by atoms with Crippen LogP contribution in [0, 0.1) is 6.92 Å². The van der Waals surface area contributed by atoms with Crippen molar-refractivity contribution in [1.29, 1.82) is 0 Å². The molecule has 118 valence electrons. The van der Waals surface area contributed by atoms with Crippen molar-refractivity contribution in [3.8, 4) is 0 Å². The molecular weight excluding hydrogens is 298 g/mol. The highest BCUT2D eigenvalue weighted by Crippen LogP contribution is 2.18. The second-order valence-electron chi connectivity index (χ2n) is 5.31. The first-order valence-electron chi connectivity index (χ1n) is 7.36. The molecule has 0 atom stereocenters. The summed E-state index contributed by atoms with van der Waals surface area (Å²) in [5.74, 6) is 0.808. The molecule has 0 spiro atoms. The van der Waals surface area contributed by atoms with Crippen molar-refractivity contribution >= 4 is 24.0 Å². The number of hydrogen-bond acceptors (Lipinski definition) is 5. The zero-order valence-electron chi connectivity index (χ0n) is 12.8. The van der Waals surface area contributed by atoms with Crippen LogP contribution >= 0.6 is 12.4 Å². The van der Waals surface area contributed by atoms with Crippen LogP contribution < -0.4 is 15.5 Å². The van der Waals surface area contributed by atoms with Crippen molar-refractivity contribution in [2.24, 2.45) is 5.73 Å². The Hall–Kier alpha value is -1.85. The summed E-state index contributed by atoms with van der Waals surface area (Å²) in [5, 5.41) is 0. The number of anilines is 2. The van der Waals surface area contributed by atoms with Crippen LogP contribution in [0.5, 0.6) is 0 Å². The molecule has 0 aliphatic carbocycles. The molecule has 1 aliphatic rings. The van der Waals surface area contributed by atoms with E-state index in [-0.39, 0.29) is 12.4 Å². The average molecular weight is 320 g/mol. The summed E-state index contributed by atoms with van der Waals surface area (Å²) < 4.78 is 0. The lowest BCUT2D eigenvalue weighted by Crippen LogP contribution is -2.47. The minimum atomic E-state index is 0. The van der Waals surface area contributed by atoms with Gasteiger partial charge in [-0.1, -0.05) is 18.2 Å². The summed E-state index contributed by atoms with van der Waals surface area (Å²) in [6.45, 7) is 6.29. The first kappa shape index (κ1) is 16.5. The van der Waals surface area contributed by atoms with E-state index in [2.05, 4.69) is 50.1 Å². The predicted octanol–water partition coefficient (Wildman–Crippen LogP) is 1.99. The first-order valence-corrected chi connectivity index (χ1v) is 7.36. The molecule has 22 heavy (non-hydrogen) atoms. The van der Waals surface area contributed by atoms with E-state index in [0.717, 1.165) is 43.5 Å². The third-order valence-electron chi connectivity index (χ3n) is 3.79. The van der Waals surface area contributed by atoms with Crippen LogP contribution in [0.3, 0.4) is 0 Å². The lowest BCUT2D eigenvalue weighted by molar-refractivity contribution is 0.637. The molecule has 3 rings (SSSR count). The highest BCUT2D eigenvalue weighted by atomic mass is 35.5. The molecule has 0 amide bonds. The number of piperazine rings is 1. The van der Waals surface area contributed by atoms with E-state index < -0.39 is 0 Å². The van der Waals surface area contributed by atoms with Gasteiger partial charge in [-0.25, -0.2) is 9.97 Å². The van der Waals surface area contributed by atoms with Crippen LogP contribution in [0.2, 0.25) is 0 Å². The fraction of sp³-hybridized carbons (Fsp3) is 0.375. The number of benzene rings is 1. The van der Waals surface area contributed by atoms with Gasteiger partial charge in [-0.15, -0.1) is 12.4 Å². The van der Waals surface area contributed by atoms with Crippen LogP contribution in [0.25, 0.3) is 0 Å². The highest BCUT2D eigenvalue weighted by Gasteiger charge is 2.19. The number of aromatic nitrogens is 2. The topological polar surface area (TPSA) is 58.3 Å². The van der Waals surface area contributed by atoms with Crippen LogP contribution in [0.4, 0.5) is 11.6 Å². The van der Waals surface area contributed by atoms with Crippen LogP contribution in [-0.2, 0) is 6.54 Å². The van der Waals surface area contributed by atoms with Gasteiger partial charge in [0.1, 0.15) is 0 Å².